The normalized spacial score (nSPS) is 15.5. The molecule has 4 rings (SSSR count). The van der Waals surface area contributed by atoms with Gasteiger partial charge in [-0.2, -0.15) is 8.42 Å². The highest BCUT2D eigenvalue weighted by molar-refractivity contribution is 14.1. The predicted molar refractivity (Wildman–Crippen MR) is 144 cm³/mol. The van der Waals surface area contributed by atoms with Crippen LogP contribution in [0.1, 0.15) is 46.4 Å². The summed E-state index contributed by atoms with van der Waals surface area (Å²) in [7, 11) is -2.54. The number of ether oxygens (including phenoxy) is 1. The molecule has 0 radical (unpaired) electrons. The van der Waals surface area contributed by atoms with E-state index in [1.807, 2.05) is 28.7 Å². The van der Waals surface area contributed by atoms with E-state index < -0.39 is 10.2 Å². The molecular weight excluding hydrogens is 583 g/mol. The molecule has 35 heavy (non-hydrogen) atoms. The molecule has 12 heteroatoms. The first-order chi connectivity index (χ1) is 16.4. The number of fused-ring (bicyclic) bond motifs is 1. The number of imidazole rings is 1. The van der Waals surface area contributed by atoms with Crippen molar-refractivity contribution in [1.82, 2.24) is 18.7 Å². The number of nitrogens with one attached hydrogen (secondary N) is 1. The summed E-state index contributed by atoms with van der Waals surface area (Å²) < 4.78 is 36.9. The molecule has 1 saturated heterocycles. The lowest BCUT2D eigenvalue weighted by Crippen LogP contribution is -2.32. The minimum absolute atomic E-state index is 0.172. The van der Waals surface area contributed by atoms with Gasteiger partial charge in [0.25, 0.3) is 0 Å². The van der Waals surface area contributed by atoms with E-state index in [0.29, 0.717) is 15.2 Å². The largest absolute Gasteiger partial charge is 0.381 e. The molecule has 0 bridgehead atoms. The fourth-order valence-electron chi connectivity index (χ4n) is 4.22. The van der Waals surface area contributed by atoms with Crippen LogP contribution in [0.4, 0.5) is 11.5 Å². The molecule has 1 fully saturated rings. The number of rotatable bonds is 6. The van der Waals surface area contributed by atoms with Crippen molar-refractivity contribution in [2.75, 3.05) is 29.9 Å². The molecule has 3 aromatic rings. The maximum atomic E-state index is 13.3. The second-order valence-electron chi connectivity index (χ2n) is 9.88. The van der Waals surface area contributed by atoms with Gasteiger partial charge in [-0.1, -0.05) is 20.8 Å². The number of nitrogens with zero attached hydrogens (tertiary/aromatic N) is 5. The van der Waals surface area contributed by atoms with Crippen LogP contribution in [0.2, 0.25) is 0 Å². The Balaban J connectivity index is 1.70. The molecule has 10 nitrogen and oxygen atoms in total. The zero-order chi connectivity index (χ0) is 25.5. The topological polar surface area (TPSA) is 111 Å². The van der Waals surface area contributed by atoms with Crippen molar-refractivity contribution in [2.24, 2.45) is 5.92 Å². The molecule has 1 aliphatic rings. The van der Waals surface area contributed by atoms with Gasteiger partial charge in [-0.05, 0) is 59.5 Å². The van der Waals surface area contributed by atoms with Gasteiger partial charge >= 0.3 is 10.2 Å². The summed E-state index contributed by atoms with van der Waals surface area (Å²) in [5, 5.41) is 6.61. The Morgan fingerprint density at radius 3 is 2.60 bits per heavy atom. The number of amides is 1. The van der Waals surface area contributed by atoms with Crippen LogP contribution in [0.5, 0.6) is 0 Å². The van der Waals surface area contributed by atoms with Crippen LogP contribution in [0.3, 0.4) is 0 Å². The summed E-state index contributed by atoms with van der Waals surface area (Å²) >= 11 is 1.94. The summed E-state index contributed by atoms with van der Waals surface area (Å²) in [6.07, 6.45) is 3.41. The van der Waals surface area contributed by atoms with Crippen LogP contribution in [0, 0.1) is 9.49 Å². The quantitative estimate of drug-likeness (QED) is 0.424. The smallest absolute Gasteiger partial charge is 0.345 e. The third kappa shape index (κ3) is 5.33. The molecular formula is C23H31IN6O4S. The first-order valence-corrected chi connectivity index (χ1v) is 14.0. The van der Waals surface area contributed by atoms with Crippen molar-refractivity contribution in [2.45, 2.75) is 52.5 Å². The van der Waals surface area contributed by atoms with E-state index in [-0.39, 0.29) is 17.1 Å². The van der Waals surface area contributed by atoms with Crippen LogP contribution in [0.25, 0.3) is 11.0 Å². The summed E-state index contributed by atoms with van der Waals surface area (Å²) in [6, 6.07) is 5.53. The Bertz CT molecular complexity index is 1350. The molecule has 1 aliphatic heterocycles. The van der Waals surface area contributed by atoms with Crippen molar-refractivity contribution >= 4 is 61.2 Å². The molecule has 0 spiro atoms. The van der Waals surface area contributed by atoms with E-state index in [9.17, 15) is 13.2 Å². The molecule has 190 valence electrons. The Morgan fingerprint density at radius 1 is 1.29 bits per heavy atom. The maximum Gasteiger partial charge on any atom is 0.345 e. The average Bonchev–Trinajstić information content (AvgIpc) is 3.34. The van der Waals surface area contributed by atoms with Gasteiger partial charge in [-0.3, -0.25) is 9.10 Å². The number of anilines is 2. The molecule has 0 aliphatic carbocycles. The predicted octanol–water partition coefficient (Wildman–Crippen LogP) is 3.75. The highest BCUT2D eigenvalue weighted by Crippen LogP contribution is 2.32. The van der Waals surface area contributed by atoms with Crippen molar-refractivity contribution < 1.29 is 17.9 Å². The SMILES string of the molecule is CC(=O)Nc1nn(S(=O)(=O)N(C)c2ccc3c(c2)nc(C(C)(C)C)n3CC2CCOCC2)cc1I. The maximum absolute atomic E-state index is 13.3. The summed E-state index contributed by atoms with van der Waals surface area (Å²) in [5.74, 6) is 1.37. The second kappa shape index (κ2) is 9.69. The number of carbonyl (C=O) groups is 1. The zero-order valence-electron chi connectivity index (χ0n) is 20.6. The van der Waals surface area contributed by atoms with Crippen molar-refractivity contribution in [3.8, 4) is 0 Å². The number of benzene rings is 1. The first kappa shape index (κ1) is 25.9. The fourth-order valence-corrected chi connectivity index (χ4v) is 5.97. The Morgan fingerprint density at radius 2 is 1.97 bits per heavy atom. The molecule has 0 atom stereocenters. The molecule has 1 N–H and O–H groups in total. The molecule has 3 heterocycles. The van der Waals surface area contributed by atoms with Gasteiger partial charge in [0.15, 0.2) is 5.82 Å². The van der Waals surface area contributed by atoms with Gasteiger partial charge in [0, 0.05) is 39.1 Å². The number of hydrogen-bond acceptors (Lipinski definition) is 6. The van der Waals surface area contributed by atoms with Gasteiger partial charge < -0.3 is 14.6 Å². The number of hydrogen-bond donors (Lipinski definition) is 1. The molecule has 0 saturated carbocycles. The third-order valence-electron chi connectivity index (χ3n) is 6.07. The van der Waals surface area contributed by atoms with Crippen LogP contribution >= 0.6 is 22.6 Å². The lowest BCUT2D eigenvalue weighted by Gasteiger charge is -2.26. The van der Waals surface area contributed by atoms with Gasteiger partial charge in [0.2, 0.25) is 5.91 Å². The summed E-state index contributed by atoms with van der Waals surface area (Å²) in [4.78, 5) is 16.3. The van der Waals surface area contributed by atoms with Crippen LogP contribution in [-0.2, 0) is 31.7 Å². The van der Waals surface area contributed by atoms with E-state index in [1.165, 1.54) is 24.5 Å². The standard InChI is InChI=1S/C23H31IN6O4S/c1-15(31)25-21-18(24)14-30(27-21)35(32,33)28(5)17-6-7-20-19(12-17)26-22(23(2,3)4)29(20)13-16-8-10-34-11-9-16/h6-7,12,14,16H,8-11,13H2,1-5H3,(H,25,27,31). The monoisotopic (exact) mass is 614 g/mol. The van der Waals surface area contributed by atoms with E-state index in [1.54, 1.807) is 12.1 Å². The number of aromatic nitrogens is 4. The van der Waals surface area contributed by atoms with Crippen molar-refractivity contribution in [1.29, 1.82) is 0 Å². The highest BCUT2D eigenvalue weighted by atomic mass is 127. The molecule has 2 aromatic heterocycles. The summed E-state index contributed by atoms with van der Waals surface area (Å²) in [6.45, 7) is 10.2. The lowest BCUT2D eigenvalue weighted by molar-refractivity contribution is -0.114. The van der Waals surface area contributed by atoms with Crippen LogP contribution < -0.4 is 9.62 Å². The van der Waals surface area contributed by atoms with Crippen LogP contribution in [-0.4, -0.2) is 53.3 Å². The Hall–Kier alpha value is -2.19. The highest BCUT2D eigenvalue weighted by Gasteiger charge is 2.28. The molecule has 1 aromatic carbocycles. The van der Waals surface area contributed by atoms with Crippen molar-refractivity contribution in [3.63, 3.8) is 0 Å². The molecule has 0 unspecified atom stereocenters. The van der Waals surface area contributed by atoms with E-state index in [2.05, 4.69) is 35.8 Å². The van der Waals surface area contributed by atoms with E-state index in [0.717, 1.165) is 53.5 Å². The summed E-state index contributed by atoms with van der Waals surface area (Å²) in [5.41, 5.74) is 2.03. The van der Waals surface area contributed by atoms with Gasteiger partial charge in [0.05, 0.1) is 26.5 Å². The minimum Gasteiger partial charge on any atom is -0.381 e. The average molecular weight is 615 g/mol. The van der Waals surface area contributed by atoms with Gasteiger partial charge in [0.1, 0.15) is 5.82 Å². The van der Waals surface area contributed by atoms with E-state index >= 15 is 0 Å². The zero-order valence-corrected chi connectivity index (χ0v) is 23.6. The van der Waals surface area contributed by atoms with Gasteiger partial charge in [-0.25, -0.2) is 4.98 Å². The Labute approximate surface area is 219 Å². The first-order valence-electron chi connectivity index (χ1n) is 11.5. The molecule has 1 amide bonds. The van der Waals surface area contributed by atoms with E-state index in [4.69, 9.17) is 9.72 Å². The van der Waals surface area contributed by atoms with Crippen molar-refractivity contribution in [3.05, 3.63) is 33.8 Å². The van der Waals surface area contributed by atoms with Gasteiger partial charge in [-0.15, -0.1) is 9.19 Å². The Kier molecular flexibility index (Phi) is 7.17. The fraction of sp³-hybridized carbons (Fsp3) is 0.522. The van der Waals surface area contributed by atoms with Crippen LogP contribution in [0.15, 0.2) is 24.4 Å². The third-order valence-corrected chi connectivity index (χ3v) is 8.43. The number of halogens is 1. The number of carbonyl (C=O) groups excluding carboxylic acids is 1. The lowest BCUT2D eigenvalue weighted by atomic mass is 9.94. The second-order valence-corrected chi connectivity index (χ2v) is 12.9. The minimum atomic E-state index is -4.02.